The Kier molecular flexibility index (Phi) is 6.21. The molecule has 1 amide bonds. The topological polar surface area (TPSA) is 46.9 Å². The zero-order valence-electron chi connectivity index (χ0n) is 16.4. The SMILES string of the molecule is Cc1ccc(NC(=O)CSc2ncc(-c3ccccc3)n2-c2cccc(Cl)c2)cc1. The first-order chi connectivity index (χ1) is 14.6. The lowest BCUT2D eigenvalue weighted by molar-refractivity contribution is -0.113. The average Bonchev–Trinajstić information content (AvgIpc) is 3.19. The number of thioether (sulfide) groups is 1. The van der Waals surface area contributed by atoms with E-state index in [4.69, 9.17) is 11.6 Å². The largest absolute Gasteiger partial charge is 0.325 e. The number of hydrogen-bond donors (Lipinski definition) is 1. The standard InChI is InChI=1S/C24H20ClN3OS/c1-17-10-12-20(13-11-17)27-23(29)16-30-24-26-15-22(18-6-3-2-4-7-18)28(24)21-9-5-8-19(25)14-21/h2-15H,16H2,1H3,(H,27,29). The summed E-state index contributed by atoms with van der Waals surface area (Å²) in [4.78, 5) is 17.1. The quantitative estimate of drug-likeness (QED) is 0.366. The number of halogens is 1. The molecule has 30 heavy (non-hydrogen) atoms. The molecule has 1 N–H and O–H groups in total. The second-order valence-electron chi connectivity index (χ2n) is 6.81. The van der Waals surface area contributed by atoms with E-state index < -0.39 is 0 Å². The zero-order chi connectivity index (χ0) is 20.9. The molecule has 0 saturated carbocycles. The van der Waals surface area contributed by atoms with Gasteiger partial charge in [-0.1, -0.05) is 77.5 Å². The van der Waals surface area contributed by atoms with Crippen molar-refractivity contribution in [2.75, 3.05) is 11.1 Å². The molecule has 4 aromatic rings. The predicted molar refractivity (Wildman–Crippen MR) is 125 cm³/mol. The van der Waals surface area contributed by atoms with E-state index in [-0.39, 0.29) is 11.7 Å². The van der Waals surface area contributed by atoms with E-state index >= 15 is 0 Å². The molecule has 3 aromatic carbocycles. The Bertz CT molecular complexity index is 1160. The van der Waals surface area contributed by atoms with Gasteiger partial charge in [-0.15, -0.1) is 0 Å². The maximum Gasteiger partial charge on any atom is 0.234 e. The van der Waals surface area contributed by atoms with E-state index in [9.17, 15) is 4.79 Å². The zero-order valence-corrected chi connectivity index (χ0v) is 18.0. The molecule has 0 aliphatic carbocycles. The van der Waals surface area contributed by atoms with Crippen molar-refractivity contribution in [1.29, 1.82) is 0 Å². The van der Waals surface area contributed by atoms with Crippen LogP contribution in [0.25, 0.3) is 16.9 Å². The average molecular weight is 434 g/mol. The first-order valence-electron chi connectivity index (χ1n) is 9.48. The molecule has 0 spiro atoms. The Morgan fingerprint density at radius 2 is 1.80 bits per heavy atom. The fourth-order valence-electron chi connectivity index (χ4n) is 3.08. The highest BCUT2D eigenvalue weighted by atomic mass is 35.5. The van der Waals surface area contributed by atoms with Crippen molar-refractivity contribution in [3.63, 3.8) is 0 Å². The number of aromatic nitrogens is 2. The minimum Gasteiger partial charge on any atom is -0.325 e. The van der Waals surface area contributed by atoms with Crippen molar-refractivity contribution in [3.8, 4) is 16.9 Å². The van der Waals surface area contributed by atoms with Crippen LogP contribution in [-0.2, 0) is 4.79 Å². The summed E-state index contributed by atoms with van der Waals surface area (Å²) < 4.78 is 2.03. The number of carbonyl (C=O) groups excluding carboxylic acids is 1. The third kappa shape index (κ3) is 4.75. The van der Waals surface area contributed by atoms with Gasteiger partial charge in [-0.3, -0.25) is 9.36 Å². The molecule has 0 saturated heterocycles. The van der Waals surface area contributed by atoms with Crippen molar-refractivity contribution in [1.82, 2.24) is 9.55 Å². The number of carbonyl (C=O) groups is 1. The lowest BCUT2D eigenvalue weighted by atomic mass is 10.1. The third-order valence-corrected chi connectivity index (χ3v) is 5.72. The molecular weight excluding hydrogens is 414 g/mol. The van der Waals surface area contributed by atoms with Crippen molar-refractivity contribution in [3.05, 3.63) is 95.6 Å². The molecule has 0 aliphatic heterocycles. The summed E-state index contributed by atoms with van der Waals surface area (Å²) in [6.45, 7) is 2.02. The maximum atomic E-state index is 12.5. The Balaban J connectivity index is 1.59. The minimum absolute atomic E-state index is 0.0780. The molecule has 4 nitrogen and oxygen atoms in total. The van der Waals surface area contributed by atoms with Gasteiger partial charge in [0.2, 0.25) is 5.91 Å². The van der Waals surface area contributed by atoms with Crippen LogP contribution < -0.4 is 5.32 Å². The molecule has 4 rings (SSSR count). The van der Waals surface area contributed by atoms with Crippen LogP contribution >= 0.6 is 23.4 Å². The van der Waals surface area contributed by atoms with E-state index in [1.807, 2.05) is 96.6 Å². The minimum atomic E-state index is -0.0780. The molecule has 0 fully saturated rings. The van der Waals surface area contributed by atoms with Gasteiger partial charge in [0.1, 0.15) is 0 Å². The van der Waals surface area contributed by atoms with Gasteiger partial charge in [0.15, 0.2) is 5.16 Å². The summed E-state index contributed by atoms with van der Waals surface area (Å²) in [5, 5.41) is 4.31. The highest BCUT2D eigenvalue weighted by Crippen LogP contribution is 2.30. The molecule has 0 atom stereocenters. The van der Waals surface area contributed by atoms with Crippen LogP contribution in [0.4, 0.5) is 5.69 Å². The number of nitrogens with one attached hydrogen (secondary N) is 1. The van der Waals surface area contributed by atoms with Crippen molar-refractivity contribution >= 4 is 35.0 Å². The van der Waals surface area contributed by atoms with Gasteiger partial charge in [-0.05, 0) is 37.3 Å². The second-order valence-corrected chi connectivity index (χ2v) is 8.19. The summed E-state index contributed by atoms with van der Waals surface area (Å²) in [5.41, 5.74) is 4.83. The molecule has 1 heterocycles. The van der Waals surface area contributed by atoms with Crippen LogP contribution in [0, 0.1) is 6.92 Å². The van der Waals surface area contributed by atoms with Gasteiger partial charge in [-0.2, -0.15) is 0 Å². The molecule has 0 radical (unpaired) electrons. The van der Waals surface area contributed by atoms with E-state index in [2.05, 4.69) is 10.3 Å². The Morgan fingerprint density at radius 1 is 1.03 bits per heavy atom. The number of benzene rings is 3. The van der Waals surface area contributed by atoms with E-state index in [0.717, 1.165) is 33.4 Å². The van der Waals surface area contributed by atoms with Gasteiger partial charge in [-0.25, -0.2) is 4.98 Å². The number of hydrogen-bond acceptors (Lipinski definition) is 3. The first-order valence-corrected chi connectivity index (χ1v) is 10.8. The highest BCUT2D eigenvalue weighted by molar-refractivity contribution is 7.99. The van der Waals surface area contributed by atoms with Crippen molar-refractivity contribution in [2.45, 2.75) is 12.1 Å². The van der Waals surface area contributed by atoms with Crippen LogP contribution in [0.3, 0.4) is 0 Å². The smallest absolute Gasteiger partial charge is 0.234 e. The summed E-state index contributed by atoms with van der Waals surface area (Å²) in [5.74, 6) is 0.172. The number of amides is 1. The summed E-state index contributed by atoms with van der Waals surface area (Å²) in [7, 11) is 0. The fourth-order valence-corrected chi connectivity index (χ4v) is 4.06. The summed E-state index contributed by atoms with van der Waals surface area (Å²) >= 11 is 7.63. The van der Waals surface area contributed by atoms with Crippen molar-refractivity contribution in [2.24, 2.45) is 0 Å². The van der Waals surface area contributed by atoms with Crippen LogP contribution in [0.5, 0.6) is 0 Å². The number of rotatable bonds is 6. The van der Waals surface area contributed by atoms with E-state index in [0.29, 0.717) is 5.02 Å². The Labute approximate surface area is 184 Å². The molecule has 0 bridgehead atoms. The monoisotopic (exact) mass is 433 g/mol. The summed E-state index contributed by atoms with van der Waals surface area (Å²) in [6, 6.07) is 25.4. The molecule has 1 aromatic heterocycles. The third-order valence-electron chi connectivity index (χ3n) is 4.53. The van der Waals surface area contributed by atoms with Gasteiger partial charge in [0.25, 0.3) is 0 Å². The molecule has 0 unspecified atom stereocenters. The van der Waals surface area contributed by atoms with Gasteiger partial charge < -0.3 is 5.32 Å². The second kappa shape index (κ2) is 9.20. The highest BCUT2D eigenvalue weighted by Gasteiger charge is 2.16. The molecule has 0 aliphatic rings. The summed E-state index contributed by atoms with van der Waals surface area (Å²) in [6.07, 6.45) is 1.83. The molecule has 6 heteroatoms. The fraction of sp³-hybridized carbons (Fsp3) is 0.0833. The van der Waals surface area contributed by atoms with Crippen LogP contribution in [0.1, 0.15) is 5.56 Å². The first kappa shape index (κ1) is 20.3. The number of nitrogens with zero attached hydrogens (tertiary/aromatic N) is 2. The van der Waals surface area contributed by atoms with E-state index in [1.165, 1.54) is 11.8 Å². The van der Waals surface area contributed by atoms with Crippen LogP contribution in [0.15, 0.2) is 90.2 Å². The lowest BCUT2D eigenvalue weighted by Crippen LogP contribution is -2.14. The number of aryl methyl sites for hydroxylation is 1. The predicted octanol–water partition coefficient (Wildman–Crippen LogP) is 6.23. The van der Waals surface area contributed by atoms with Gasteiger partial charge in [0, 0.05) is 22.0 Å². The van der Waals surface area contributed by atoms with Crippen LogP contribution in [0.2, 0.25) is 5.02 Å². The Hall–Kier alpha value is -3.02. The lowest BCUT2D eigenvalue weighted by Gasteiger charge is -2.12. The van der Waals surface area contributed by atoms with E-state index in [1.54, 1.807) is 0 Å². The molecular formula is C24H20ClN3OS. The Morgan fingerprint density at radius 3 is 2.53 bits per heavy atom. The van der Waals surface area contributed by atoms with Crippen molar-refractivity contribution < 1.29 is 4.79 Å². The number of imidazole rings is 1. The van der Waals surface area contributed by atoms with Gasteiger partial charge in [0.05, 0.1) is 17.6 Å². The molecule has 150 valence electrons. The number of anilines is 1. The maximum absolute atomic E-state index is 12.5. The van der Waals surface area contributed by atoms with Gasteiger partial charge >= 0.3 is 0 Å². The normalized spacial score (nSPS) is 10.7. The van der Waals surface area contributed by atoms with Crippen LogP contribution in [-0.4, -0.2) is 21.2 Å².